The van der Waals surface area contributed by atoms with Gasteiger partial charge in [0.05, 0.1) is 10.7 Å². The summed E-state index contributed by atoms with van der Waals surface area (Å²) in [6, 6.07) is 0. The van der Waals surface area contributed by atoms with Gasteiger partial charge >= 0.3 is 0 Å². The van der Waals surface area contributed by atoms with Crippen LogP contribution in [0.1, 0.15) is 10.7 Å². The van der Waals surface area contributed by atoms with Gasteiger partial charge in [0.2, 0.25) is 0 Å². The number of aliphatic imine (C=N–C) groups is 1. The summed E-state index contributed by atoms with van der Waals surface area (Å²) in [5.41, 5.74) is 1.15. The highest BCUT2D eigenvalue weighted by molar-refractivity contribution is 7.99. The number of thioether (sulfide) groups is 1. The Balaban J connectivity index is 2.13. The number of hydrogen-bond donors (Lipinski definition) is 2. The van der Waals surface area contributed by atoms with E-state index in [1.807, 2.05) is 24.8 Å². The van der Waals surface area contributed by atoms with Gasteiger partial charge in [0, 0.05) is 43.4 Å². The van der Waals surface area contributed by atoms with Crippen molar-refractivity contribution < 1.29 is 0 Å². The van der Waals surface area contributed by atoms with Gasteiger partial charge in [-0.05, 0) is 6.92 Å². The van der Waals surface area contributed by atoms with Crippen LogP contribution in [-0.4, -0.2) is 42.6 Å². The van der Waals surface area contributed by atoms with E-state index >= 15 is 0 Å². The van der Waals surface area contributed by atoms with Crippen LogP contribution in [0.4, 0.5) is 0 Å². The first-order valence-corrected chi connectivity index (χ1v) is 8.34. The summed E-state index contributed by atoms with van der Waals surface area (Å²) < 4.78 is 0. The molecule has 1 heterocycles. The SMILES string of the molecule is C=CCSCCNC(=NC)NCCc1csc(C)n1. The van der Waals surface area contributed by atoms with E-state index in [0.717, 1.165) is 47.7 Å². The molecule has 0 fully saturated rings. The maximum absolute atomic E-state index is 4.43. The molecule has 106 valence electrons. The van der Waals surface area contributed by atoms with Crippen molar-refractivity contribution in [1.82, 2.24) is 15.6 Å². The minimum absolute atomic E-state index is 0.850. The Labute approximate surface area is 123 Å². The lowest BCUT2D eigenvalue weighted by molar-refractivity contribution is 0.801. The molecule has 0 bridgehead atoms. The van der Waals surface area contributed by atoms with Crippen molar-refractivity contribution in [2.75, 3.05) is 31.6 Å². The van der Waals surface area contributed by atoms with Crippen molar-refractivity contribution in [3.63, 3.8) is 0 Å². The summed E-state index contributed by atoms with van der Waals surface area (Å²) in [7, 11) is 1.79. The molecule has 0 aliphatic rings. The quantitative estimate of drug-likeness (QED) is 0.334. The van der Waals surface area contributed by atoms with E-state index in [1.165, 1.54) is 0 Å². The highest BCUT2D eigenvalue weighted by Crippen LogP contribution is 2.07. The third-order valence-electron chi connectivity index (χ3n) is 2.34. The normalized spacial score (nSPS) is 11.4. The molecule has 0 saturated heterocycles. The minimum atomic E-state index is 0.850. The summed E-state index contributed by atoms with van der Waals surface area (Å²) in [6.07, 6.45) is 2.85. The monoisotopic (exact) mass is 298 g/mol. The summed E-state index contributed by atoms with van der Waals surface area (Å²) in [4.78, 5) is 8.62. The molecule has 0 unspecified atom stereocenters. The topological polar surface area (TPSA) is 49.3 Å². The van der Waals surface area contributed by atoms with Crippen molar-refractivity contribution in [3.8, 4) is 0 Å². The van der Waals surface area contributed by atoms with Crippen molar-refractivity contribution in [2.24, 2.45) is 4.99 Å². The molecule has 0 atom stereocenters. The van der Waals surface area contributed by atoms with Gasteiger partial charge in [0.25, 0.3) is 0 Å². The molecule has 0 aliphatic heterocycles. The predicted octanol–water partition coefficient (Wildman–Crippen LogP) is 2.08. The molecule has 0 radical (unpaired) electrons. The highest BCUT2D eigenvalue weighted by atomic mass is 32.2. The molecule has 4 nitrogen and oxygen atoms in total. The lowest BCUT2D eigenvalue weighted by atomic mass is 10.3. The fourth-order valence-electron chi connectivity index (χ4n) is 1.46. The van der Waals surface area contributed by atoms with Crippen LogP contribution in [0.3, 0.4) is 0 Å². The fraction of sp³-hybridized carbons (Fsp3) is 0.538. The van der Waals surface area contributed by atoms with Crippen LogP contribution in [-0.2, 0) is 6.42 Å². The van der Waals surface area contributed by atoms with Crippen LogP contribution < -0.4 is 10.6 Å². The second-order valence-electron chi connectivity index (χ2n) is 3.90. The maximum Gasteiger partial charge on any atom is 0.191 e. The molecule has 19 heavy (non-hydrogen) atoms. The summed E-state index contributed by atoms with van der Waals surface area (Å²) in [5.74, 6) is 2.90. The standard InChI is InChI=1S/C13H22N4S2/c1-4-8-18-9-7-16-13(14-3)15-6-5-12-10-19-11(2)17-12/h4,10H,1,5-9H2,2-3H3,(H2,14,15,16). The average Bonchev–Trinajstić information content (AvgIpc) is 2.82. The summed E-state index contributed by atoms with van der Waals surface area (Å²) in [5, 5.41) is 9.81. The zero-order chi connectivity index (χ0) is 13.9. The molecule has 1 aromatic rings. The summed E-state index contributed by atoms with van der Waals surface area (Å²) >= 11 is 3.55. The van der Waals surface area contributed by atoms with E-state index in [-0.39, 0.29) is 0 Å². The Hall–Kier alpha value is -1.01. The smallest absolute Gasteiger partial charge is 0.191 e. The zero-order valence-electron chi connectivity index (χ0n) is 11.6. The highest BCUT2D eigenvalue weighted by Gasteiger charge is 2.00. The van der Waals surface area contributed by atoms with Crippen molar-refractivity contribution in [1.29, 1.82) is 0 Å². The number of aryl methyl sites for hydroxylation is 1. The van der Waals surface area contributed by atoms with Gasteiger partial charge in [-0.15, -0.1) is 17.9 Å². The van der Waals surface area contributed by atoms with Crippen LogP contribution in [0.15, 0.2) is 23.0 Å². The van der Waals surface area contributed by atoms with Crippen molar-refractivity contribution in [2.45, 2.75) is 13.3 Å². The van der Waals surface area contributed by atoms with Gasteiger partial charge < -0.3 is 10.6 Å². The molecule has 0 saturated carbocycles. The van der Waals surface area contributed by atoms with E-state index in [1.54, 1.807) is 18.4 Å². The third kappa shape index (κ3) is 7.22. The Bertz CT molecular complexity index is 401. The molecule has 0 aliphatic carbocycles. The largest absolute Gasteiger partial charge is 0.356 e. The van der Waals surface area contributed by atoms with E-state index in [4.69, 9.17) is 0 Å². The van der Waals surface area contributed by atoms with Crippen LogP contribution in [0, 0.1) is 6.92 Å². The number of nitrogens with one attached hydrogen (secondary N) is 2. The first-order chi connectivity index (χ1) is 9.26. The minimum Gasteiger partial charge on any atom is -0.356 e. The van der Waals surface area contributed by atoms with Crippen LogP contribution >= 0.6 is 23.1 Å². The van der Waals surface area contributed by atoms with Gasteiger partial charge in [-0.25, -0.2) is 4.98 Å². The molecule has 1 aromatic heterocycles. The van der Waals surface area contributed by atoms with Gasteiger partial charge in [0.15, 0.2) is 5.96 Å². The second kappa shape index (κ2) is 9.86. The van der Waals surface area contributed by atoms with Crippen molar-refractivity contribution >= 4 is 29.1 Å². The molecular formula is C13H22N4S2. The van der Waals surface area contributed by atoms with Crippen molar-refractivity contribution in [3.05, 3.63) is 28.7 Å². The number of hydrogen-bond acceptors (Lipinski definition) is 4. The van der Waals surface area contributed by atoms with Gasteiger partial charge in [-0.3, -0.25) is 4.99 Å². The molecule has 0 spiro atoms. The number of guanidine groups is 1. The molecular weight excluding hydrogens is 276 g/mol. The first kappa shape index (κ1) is 16.0. The zero-order valence-corrected chi connectivity index (χ0v) is 13.2. The molecule has 0 amide bonds. The maximum atomic E-state index is 4.43. The van der Waals surface area contributed by atoms with E-state index in [9.17, 15) is 0 Å². The van der Waals surface area contributed by atoms with E-state index in [0.29, 0.717) is 0 Å². The number of thiazole rings is 1. The van der Waals surface area contributed by atoms with E-state index < -0.39 is 0 Å². The lowest BCUT2D eigenvalue weighted by Gasteiger charge is -2.10. The molecule has 1 rings (SSSR count). The number of nitrogens with zero attached hydrogens (tertiary/aromatic N) is 2. The number of aromatic nitrogens is 1. The first-order valence-electron chi connectivity index (χ1n) is 6.30. The van der Waals surface area contributed by atoms with Gasteiger partial charge in [-0.1, -0.05) is 6.08 Å². The predicted molar refractivity (Wildman–Crippen MR) is 87.4 cm³/mol. The van der Waals surface area contributed by atoms with Crippen LogP contribution in [0.25, 0.3) is 0 Å². The Morgan fingerprint density at radius 3 is 2.95 bits per heavy atom. The Morgan fingerprint density at radius 2 is 2.32 bits per heavy atom. The Kier molecular flexibility index (Phi) is 8.33. The Morgan fingerprint density at radius 1 is 1.53 bits per heavy atom. The summed E-state index contributed by atoms with van der Waals surface area (Å²) in [6.45, 7) is 7.49. The number of rotatable bonds is 8. The lowest BCUT2D eigenvalue weighted by Crippen LogP contribution is -2.39. The second-order valence-corrected chi connectivity index (χ2v) is 6.11. The van der Waals surface area contributed by atoms with Crippen LogP contribution in [0.2, 0.25) is 0 Å². The molecule has 6 heteroatoms. The average molecular weight is 298 g/mol. The molecule has 0 aromatic carbocycles. The fourth-order valence-corrected chi connectivity index (χ4v) is 2.69. The van der Waals surface area contributed by atoms with Gasteiger partial charge in [0.1, 0.15) is 0 Å². The molecule has 2 N–H and O–H groups in total. The third-order valence-corrected chi connectivity index (χ3v) is 4.12. The van der Waals surface area contributed by atoms with Gasteiger partial charge in [-0.2, -0.15) is 11.8 Å². The van der Waals surface area contributed by atoms with Crippen LogP contribution in [0.5, 0.6) is 0 Å². The van der Waals surface area contributed by atoms with E-state index in [2.05, 4.69) is 32.6 Å².